The van der Waals surface area contributed by atoms with Crippen LogP contribution in [0.2, 0.25) is 10.0 Å². The number of halogens is 2. The van der Waals surface area contributed by atoms with Gasteiger partial charge in [-0.1, -0.05) is 35.3 Å². The number of nitrogens with zero attached hydrogens (tertiary/aromatic N) is 2. The molecule has 1 atom stereocenters. The van der Waals surface area contributed by atoms with Gasteiger partial charge in [0.15, 0.2) is 0 Å². The normalized spacial score (nSPS) is 21.5. The van der Waals surface area contributed by atoms with E-state index in [0.717, 1.165) is 55.7 Å². The van der Waals surface area contributed by atoms with E-state index in [-0.39, 0.29) is 23.8 Å². The summed E-state index contributed by atoms with van der Waals surface area (Å²) in [5.41, 5.74) is 3.29. The van der Waals surface area contributed by atoms with Crippen LogP contribution in [-0.2, 0) is 20.7 Å². The largest absolute Gasteiger partial charge is 0.381 e. The minimum atomic E-state index is -0.0934. The lowest BCUT2D eigenvalue weighted by atomic mass is 9.95. The highest BCUT2D eigenvalue weighted by molar-refractivity contribution is 6.36. The van der Waals surface area contributed by atoms with Crippen molar-refractivity contribution in [1.29, 1.82) is 0 Å². The minimum Gasteiger partial charge on any atom is -0.381 e. The van der Waals surface area contributed by atoms with E-state index in [1.54, 1.807) is 0 Å². The Kier molecular flexibility index (Phi) is 7.63. The number of likely N-dealkylation sites (tertiary alicyclic amines) is 1. The number of carbonyl (C=O) groups excluding carboxylic acids is 2. The molecule has 0 radical (unpaired) electrons. The van der Waals surface area contributed by atoms with Crippen LogP contribution in [0.4, 0.5) is 0 Å². The second-order valence-corrected chi connectivity index (χ2v) is 10.3. The molecular weight excluding hydrogens is 487 g/mol. The van der Waals surface area contributed by atoms with Crippen LogP contribution in [0, 0.1) is 5.92 Å². The molecule has 6 nitrogen and oxygen atoms in total. The van der Waals surface area contributed by atoms with Gasteiger partial charge in [0.05, 0.1) is 13.2 Å². The van der Waals surface area contributed by atoms with Crippen molar-refractivity contribution in [1.82, 2.24) is 9.80 Å². The molecule has 0 unspecified atom stereocenters. The zero-order valence-electron chi connectivity index (χ0n) is 19.7. The summed E-state index contributed by atoms with van der Waals surface area (Å²) in [5, 5.41) is 1.14. The van der Waals surface area contributed by atoms with E-state index in [4.69, 9.17) is 32.7 Å². The fourth-order valence-corrected chi connectivity index (χ4v) is 5.92. The van der Waals surface area contributed by atoms with Gasteiger partial charge in [-0.2, -0.15) is 0 Å². The monoisotopic (exact) mass is 516 g/mol. The summed E-state index contributed by atoms with van der Waals surface area (Å²) in [7, 11) is 0. The predicted octanol–water partition coefficient (Wildman–Crippen LogP) is 4.70. The Morgan fingerprint density at radius 1 is 0.857 bits per heavy atom. The van der Waals surface area contributed by atoms with Gasteiger partial charge in [0, 0.05) is 60.4 Å². The Bertz CT molecular complexity index is 1060. The van der Waals surface area contributed by atoms with Crippen LogP contribution in [-0.4, -0.2) is 73.7 Å². The lowest BCUT2D eigenvalue weighted by Crippen LogP contribution is -2.41. The Morgan fingerprint density at radius 2 is 1.49 bits per heavy atom. The van der Waals surface area contributed by atoms with Crippen molar-refractivity contribution >= 4 is 35.0 Å². The topological polar surface area (TPSA) is 59.1 Å². The van der Waals surface area contributed by atoms with Crippen LogP contribution in [0.1, 0.15) is 35.2 Å². The van der Waals surface area contributed by atoms with E-state index < -0.39 is 0 Å². The number of carbonyl (C=O) groups is 2. The number of benzene rings is 2. The van der Waals surface area contributed by atoms with Crippen LogP contribution in [0.15, 0.2) is 36.4 Å². The molecule has 3 saturated heterocycles. The quantitative estimate of drug-likeness (QED) is 0.577. The van der Waals surface area contributed by atoms with Gasteiger partial charge in [0.25, 0.3) is 5.91 Å². The lowest BCUT2D eigenvalue weighted by Gasteiger charge is -2.31. The van der Waals surface area contributed by atoms with Crippen LogP contribution in [0.25, 0.3) is 11.1 Å². The minimum absolute atomic E-state index is 0.0160. The number of morpholine rings is 1. The number of hydrogen-bond acceptors (Lipinski definition) is 4. The molecule has 2 aromatic rings. The third kappa shape index (κ3) is 5.36. The van der Waals surface area contributed by atoms with E-state index in [1.807, 2.05) is 46.2 Å². The first-order chi connectivity index (χ1) is 17.0. The Hall–Kier alpha value is -2.12. The average molecular weight is 517 g/mol. The molecule has 186 valence electrons. The summed E-state index contributed by atoms with van der Waals surface area (Å²) in [5.74, 6) is 0.125. The standard InChI is InChI=1S/C27H30Cl2N2O4/c28-24-16-21(18-1-3-19(4-2-18)26(32)30-9-13-35-14-10-30)17-25(29)23(24)15-20-5-8-31(27(20)33)22-6-11-34-12-7-22/h1-4,16-17,20,22H,5-15H2/t20-/m0/s1. The van der Waals surface area contributed by atoms with Gasteiger partial charge in [0.2, 0.25) is 5.91 Å². The van der Waals surface area contributed by atoms with Crippen LogP contribution in [0.5, 0.6) is 0 Å². The molecular formula is C27H30Cl2N2O4. The fraction of sp³-hybridized carbons (Fsp3) is 0.481. The third-order valence-electron chi connectivity index (χ3n) is 7.34. The first kappa shape index (κ1) is 24.6. The van der Waals surface area contributed by atoms with Crippen molar-refractivity contribution in [2.24, 2.45) is 5.92 Å². The van der Waals surface area contributed by atoms with Gasteiger partial charge in [-0.25, -0.2) is 0 Å². The van der Waals surface area contributed by atoms with Crippen LogP contribution >= 0.6 is 23.2 Å². The first-order valence-corrected chi connectivity index (χ1v) is 13.1. The van der Waals surface area contributed by atoms with Gasteiger partial charge in [-0.3, -0.25) is 9.59 Å². The molecule has 0 N–H and O–H groups in total. The maximum atomic E-state index is 13.1. The summed E-state index contributed by atoms with van der Waals surface area (Å²) < 4.78 is 10.8. The molecule has 3 aliphatic heterocycles. The molecule has 0 aromatic heterocycles. The van der Waals surface area contributed by atoms with E-state index >= 15 is 0 Å². The van der Waals surface area contributed by atoms with Gasteiger partial charge in [-0.05, 0) is 66.6 Å². The van der Waals surface area contributed by atoms with Crippen molar-refractivity contribution in [3.8, 4) is 11.1 Å². The average Bonchev–Trinajstić information content (AvgIpc) is 3.26. The van der Waals surface area contributed by atoms with Crippen molar-refractivity contribution in [3.05, 3.63) is 57.6 Å². The number of ether oxygens (including phenoxy) is 2. The van der Waals surface area contributed by atoms with Gasteiger partial charge >= 0.3 is 0 Å². The molecule has 0 aliphatic carbocycles. The molecule has 35 heavy (non-hydrogen) atoms. The lowest BCUT2D eigenvalue weighted by molar-refractivity contribution is -0.134. The second-order valence-electron chi connectivity index (χ2n) is 9.47. The van der Waals surface area contributed by atoms with Crippen molar-refractivity contribution in [3.63, 3.8) is 0 Å². The summed E-state index contributed by atoms with van der Waals surface area (Å²) in [6.45, 7) is 4.62. The van der Waals surface area contributed by atoms with Crippen LogP contribution < -0.4 is 0 Å². The Labute approximate surface area is 216 Å². The number of amides is 2. The predicted molar refractivity (Wildman–Crippen MR) is 136 cm³/mol. The molecule has 2 aromatic carbocycles. The Balaban J connectivity index is 1.27. The summed E-state index contributed by atoms with van der Waals surface area (Å²) in [6.07, 6.45) is 3.18. The maximum absolute atomic E-state index is 13.1. The number of hydrogen-bond donors (Lipinski definition) is 0. The number of rotatable bonds is 5. The molecule has 0 bridgehead atoms. The third-order valence-corrected chi connectivity index (χ3v) is 8.01. The summed E-state index contributed by atoms with van der Waals surface area (Å²) in [4.78, 5) is 29.6. The van der Waals surface area contributed by atoms with E-state index in [0.29, 0.717) is 48.3 Å². The summed E-state index contributed by atoms with van der Waals surface area (Å²) in [6, 6.07) is 11.6. The van der Waals surface area contributed by atoms with Gasteiger partial charge < -0.3 is 19.3 Å². The van der Waals surface area contributed by atoms with Crippen molar-refractivity contribution in [2.75, 3.05) is 46.1 Å². The highest BCUT2D eigenvalue weighted by Gasteiger charge is 2.37. The molecule has 3 aliphatic rings. The molecule has 0 spiro atoms. The van der Waals surface area contributed by atoms with Crippen molar-refractivity contribution in [2.45, 2.75) is 31.7 Å². The first-order valence-electron chi connectivity index (χ1n) is 12.3. The van der Waals surface area contributed by atoms with Gasteiger partial charge in [0.1, 0.15) is 0 Å². The van der Waals surface area contributed by atoms with Crippen molar-refractivity contribution < 1.29 is 19.1 Å². The van der Waals surface area contributed by atoms with Gasteiger partial charge in [-0.15, -0.1) is 0 Å². The van der Waals surface area contributed by atoms with E-state index in [9.17, 15) is 9.59 Å². The van der Waals surface area contributed by atoms with Crippen LogP contribution in [0.3, 0.4) is 0 Å². The molecule has 0 saturated carbocycles. The Morgan fingerprint density at radius 3 is 2.14 bits per heavy atom. The smallest absolute Gasteiger partial charge is 0.254 e. The second kappa shape index (κ2) is 10.9. The zero-order chi connectivity index (χ0) is 24.4. The summed E-state index contributed by atoms with van der Waals surface area (Å²) >= 11 is 13.4. The molecule has 3 heterocycles. The molecule has 3 fully saturated rings. The van der Waals surface area contributed by atoms with E-state index in [2.05, 4.69) is 0 Å². The SMILES string of the molecule is O=C(c1ccc(-c2cc(Cl)c(C[C@@H]3CCN(C4CCOCC4)C3=O)c(Cl)c2)cc1)N1CCOCC1. The molecule has 2 amide bonds. The highest BCUT2D eigenvalue weighted by Crippen LogP contribution is 2.36. The molecule has 5 rings (SSSR count). The maximum Gasteiger partial charge on any atom is 0.254 e. The van der Waals surface area contributed by atoms with E-state index in [1.165, 1.54) is 0 Å². The highest BCUT2D eigenvalue weighted by atomic mass is 35.5. The zero-order valence-corrected chi connectivity index (χ0v) is 21.2. The fourth-order valence-electron chi connectivity index (χ4n) is 5.28. The molecule has 8 heteroatoms.